The highest BCUT2D eigenvalue weighted by Crippen LogP contribution is 2.28. The quantitative estimate of drug-likeness (QED) is 0.672. The van der Waals surface area contributed by atoms with E-state index in [4.69, 9.17) is 10.00 Å². The SMILES string of the molecule is CC[C@@H](N=C1NS(=O)(=O)N=C1Nc1cccc(C#N)c1O)C1CC=C(C)O1. The largest absolute Gasteiger partial charge is 0.504 e. The summed E-state index contributed by atoms with van der Waals surface area (Å²) in [6.07, 6.45) is 3.12. The molecule has 2 atom stereocenters. The van der Waals surface area contributed by atoms with Crippen LogP contribution in [0.1, 0.15) is 32.3 Å². The maximum atomic E-state index is 11.9. The van der Waals surface area contributed by atoms with E-state index in [2.05, 4.69) is 19.4 Å². The van der Waals surface area contributed by atoms with E-state index in [0.29, 0.717) is 12.8 Å². The minimum absolute atomic E-state index is 0.0387. The second kappa shape index (κ2) is 7.28. The number of ether oxygens (including phenoxy) is 1. The van der Waals surface area contributed by atoms with Crippen molar-refractivity contribution in [2.24, 2.45) is 9.39 Å². The third-order valence-corrected chi connectivity index (χ3v) is 5.06. The Morgan fingerprint density at radius 2 is 2.33 bits per heavy atom. The highest BCUT2D eigenvalue weighted by atomic mass is 32.2. The van der Waals surface area contributed by atoms with Gasteiger partial charge in [0.05, 0.1) is 23.1 Å². The van der Waals surface area contributed by atoms with Crippen LogP contribution in [0.4, 0.5) is 5.69 Å². The summed E-state index contributed by atoms with van der Waals surface area (Å²) in [5.41, 5.74) is 0.210. The van der Waals surface area contributed by atoms with Gasteiger partial charge in [-0.3, -0.25) is 4.99 Å². The molecule has 1 aromatic carbocycles. The molecule has 1 aromatic rings. The van der Waals surface area contributed by atoms with Crippen molar-refractivity contribution < 1.29 is 18.3 Å². The number of aromatic hydroxyl groups is 1. The number of phenols is 1. The molecule has 1 unspecified atom stereocenters. The van der Waals surface area contributed by atoms with Crippen molar-refractivity contribution in [3.8, 4) is 11.8 Å². The van der Waals surface area contributed by atoms with Gasteiger partial charge in [-0.2, -0.15) is 13.7 Å². The van der Waals surface area contributed by atoms with Gasteiger partial charge in [-0.25, -0.2) is 4.72 Å². The Hall–Kier alpha value is -3.06. The smallest absolute Gasteiger partial charge is 0.345 e. The molecule has 0 fully saturated rings. The highest BCUT2D eigenvalue weighted by Gasteiger charge is 2.31. The average Bonchev–Trinajstić information content (AvgIpc) is 3.17. The fourth-order valence-corrected chi connectivity index (χ4v) is 3.66. The van der Waals surface area contributed by atoms with E-state index in [1.54, 1.807) is 6.07 Å². The lowest BCUT2D eigenvalue weighted by Crippen LogP contribution is -2.34. The van der Waals surface area contributed by atoms with Crippen LogP contribution in [-0.4, -0.2) is 37.3 Å². The Morgan fingerprint density at radius 1 is 1.56 bits per heavy atom. The van der Waals surface area contributed by atoms with E-state index in [-0.39, 0.29) is 40.8 Å². The molecule has 0 saturated heterocycles. The second-order valence-corrected chi connectivity index (χ2v) is 7.45. The lowest BCUT2D eigenvalue weighted by Gasteiger charge is -2.20. The van der Waals surface area contributed by atoms with Crippen LogP contribution >= 0.6 is 0 Å². The first-order valence-corrected chi connectivity index (χ1v) is 9.80. The van der Waals surface area contributed by atoms with Gasteiger partial charge in [0, 0.05) is 6.42 Å². The normalized spacial score (nSPS) is 23.0. The predicted octanol–water partition coefficient (Wildman–Crippen LogP) is 1.79. The van der Waals surface area contributed by atoms with Gasteiger partial charge in [-0.15, -0.1) is 4.40 Å². The third kappa shape index (κ3) is 4.03. The lowest BCUT2D eigenvalue weighted by molar-refractivity contribution is 0.119. The number of nitriles is 1. The summed E-state index contributed by atoms with van der Waals surface area (Å²) >= 11 is 0. The molecule has 0 aromatic heterocycles. The van der Waals surface area contributed by atoms with Crippen LogP contribution in [0.3, 0.4) is 0 Å². The number of hydrogen-bond donors (Lipinski definition) is 3. The van der Waals surface area contributed by atoms with E-state index in [0.717, 1.165) is 5.76 Å². The van der Waals surface area contributed by atoms with Gasteiger partial charge in [-0.1, -0.05) is 13.0 Å². The standard InChI is InChI=1S/C17H19N5O4S/c1-3-12(14-8-7-10(2)26-14)19-16-17(22-27(24,25)21-16)20-13-6-4-5-11(9-18)15(13)23/h4-7,12,14,23H,3,8H2,1-2H3,(H,19,21)(H,20,22)/t12-,14?/m1/s1. The van der Waals surface area contributed by atoms with Crippen LogP contribution in [0, 0.1) is 11.3 Å². The van der Waals surface area contributed by atoms with E-state index in [1.807, 2.05) is 26.0 Å². The van der Waals surface area contributed by atoms with E-state index in [9.17, 15) is 13.5 Å². The van der Waals surface area contributed by atoms with Crippen molar-refractivity contribution in [3.05, 3.63) is 35.6 Å². The van der Waals surface area contributed by atoms with E-state index < -0.39 is 10.2 Å². The van der Waals surface area contributed by atoms with Gasteiger partial charge >= 0.3 is 10.2 Å². The molecule has 2 aliphatic heterocycles. The average molecular weight is 389 g/mol. The molecule has 2 aliphatic rings. The molecular formula is C17H19N5O4S. The third-order valence-electron chi connectivity index (χ3n) is 4.19. The highest BCUT2D eigenvalue weighted by molar-refractivity contribution is 7.89. The summed E-state index contributed by atoms with van der Waals surface area (Å²) in [7, 11) is -3.94. The zero-order chi connectivity index (χ0) is 19.6. The maximum absolute atomic E-state index is 11.9. The van der Waals surface area contributed by atoms with Crippen LogP contribution in [0.5, 0.6) is 5.75 Å². The minimum Gasteiger partial charge on any atom is -0.504 e. The Morgan fingerprint density at radius 3 is 2.96 bits per heavy atom. The number of nitrogens with zero attached hydrogens (tertiary/aromatic N) is 3. The molecule has 142 valence electrons. The van der Waals surface area contributed by atoms with Gasteiger partial charge in [0.25, 0.3) is 0 Å². The van der Waals surface area contributed by atoms with E-state index >= 15 is 0 Å². The van der Waals surface area contributed by atoms with Crippen molar-refractivity contribution in [1.29, 1.82) is 5.26 Å². The Bertz CT molecular complexity index is 991. The number of allylic oxidation sites excluding steroid dienone is 1. The molecular weight excluding hydrogens is 370 g/mol. The van der Waals surface area contributed by atoms with Crippen molar-refractivity contribution in [1.82, 2.24) is 4.72 Å². The molecule has 2 heterocycles. The number of amidine groups is 2. The molecule has 0 bridgehead atoms. The van der Waals surface area contributed by atoms with Crippen LogP contribution in [0.25, 0.3) is 0 Å². The fourth-order valence-electron chi connectivity index (χ4n) is 2.84. The van der Waals surface area contributed by atoms with Crippen LogP contribution in [-0.2, 0) is 14.9 Å². The van der Waals surface area contributed by atoms with Crippen molar-refractivity contribution in [2.45, 2.75) is 38.8 Å². The zero-order valence-corrected chi connectivity index (χ0v) is 15.6. The van der Waals surface area contributed by atoms with Crippen LogP contribution in [0.2, 0.25) is 0 Å². The van der Waals surface area contributed by atoms with Gasteiger partial charge in [0.15, 0.2) is 17.4 Å². The zero-order valence-electron chi connectivity index (χ0n) is 14.8. The molecule has 0 amide bonds. The second-order valence-electron chi connectivity index (χ2n) is 6.12. The summed E-state index contributed by atoms with van der Waals surface area (Å²) in [4.78, 5) is 4.48. The van der Waals surface area contributed by atoms with Gasteiger partial charge < -0.3 is 15.2 Å². The summed E-state index contributed by atoms with van der Waals surface area (Å²) < 4.78 is 35.4. The summed E-state index contributed by atoms with van der Waals surface area (Å²) in [5, 5.41) is 21.9. The first kappa shape index (κ1) is 18.7. The summed E-state index contributed by atoms with van der Waals surface area (Å²) in [6, 6.07) is 6.09. The minimum atomic E-state index is -3.94. The Kier molecular flexibility index (Phi) is 5.05. The van der Waals surface area contributed by atoms with E-state index in [1.165, 1.54) is 12.1 Å². The van der Waals surface area contributed by atoms with Crippen LogP contribution < -0.4 is 10.0 Å². The predicted molar refractivity (Wildman–Crippen MR) is 101 cm³/mol. The number of nitrogens with one attached hydrogen (secondary N) is 2. The molecule has 3 N–H and O–H groups in total. The monoisotopic (exact) mass is 389 g/mol. The Balaban J connectivity index is 1.90. The Labute approximate surface area is 157 Å². The van der Waals surface area contributed by atoms with Crippen LogP contribution in [0.15, 0.2) is 39.4 Å². The molecule has 0 saturated carbocycles. The molecule has 9 nitrogen and oxygen atoms in total. The number of phenolic OH excluding ortho intramolecular Hbond substituents is 1. The number of anilines is 1. The molecule has 0 spiro atoms. The number of para-hydroxylation sites is 1. The number of hydrogen-bond acceptors (Lipinski definition) is 7. The number of benzene rings is 1. The van der Waals surface area contributed by atoms with Crippen molar-refractivity contribution >= 4 is 27.6 Å². The summed E-state index contributed by atoms with van der Waals surface area (Å²) in [6.45, 7) is 3.79. The lowest BCUT2D eigenvalue weighted by atomic mass is 10.1. The fraction of sp³-hybridized carbons (Fsp3) is 0.353. The maximum Gasteiger partial charge on any atom is 0.345 e. The van der Waals surface area contributed by atoms with Crippen molar-refractivity contribution in [2.75, 3.05) is 5.32 Å². The molecule has 3 rings (SSSR count). The van der Waals surface area contributed by atoms with Crippen molar-refractivity contribution in [3.63, 3.8) is 0 Å². The molecule has 0 radical (unpaired) electrons. The first-order chi connectivity index (χ1) is 12.8. The van der Waals surface area contributed by atoms with Gasteiger partial charge in [-0.05, 0) is 31.6 Å². The summed E-state index contributed by atoms with van der Waals surface area (Å²) in [5.74, 6) is 0.506. The topological polar surface area (TPSA) is 136 Å². The first-order valence-electron chi connectivity index (χ1n) is 8.36. The van der Waals surface area contributed by atoms with Gasteiger partial charge in [0.2, 0.25) is 0 Å². The number of aliphatic imine (C=N–C) groups is 1. The molecule has 0 aliphatic carbocycles. The molecule has 27 heavy (non-hydrogen) atoms. The molecule has 10 heteroatoms. The van der Waals surface area contributed by atoms with Gasteiger partial charge in [0.1, 0.15) is 12.2 Å². The number of rotatable bonds is 4.